The fourth-order valence-corrected chi connectivity index (χ4v) is 2.40. The van der Waals surface area contributed by atoms with Gasteiger partial charge in [0.25, 0.3) is 0 Å². The van der Waals surface area contributed by atoms with Crippen molar-refractivity contribution in [3.8, 4) is 11.5 Å². The number of rotatable bonds is 5. The Morgan fingerprint density at radius 1 is 0.905 bits per heavy atom. The average Bonchev–Trinajstić information content (AvgIpc) is 2.54. The molecule has 0 aromatic heterocycles. The average molecular weight is 277 g/mol. The molecule has 21 heavy (non-hydrogen) atoms. The molecule has 3 aromatic rings. The number of hydrogen-bond donors (Lipinski definition) is 1. The van der Waals surface area contributed by atoms with Crippen LogP contribution in [0, 0.1) is 0 Å². The molecule has 0 radical (unpaired) electrons. The summed E-state index contributed by atoms with van der Waals surface area (Å²) in [5.74, 6) is 1.77. The van der Waals surface area contributed by atoms with Gasteiger partial charge in [0.2, 0.25) is 0 Å². The van der Waals surface area contributed by atoms with Crippen LogP contribution in [0.25, 0.3) is 10.8 Å². The summed E-state index contributed by atoms with van der Waals surface area (Å²) in [6.07, 6.45) is 0. The number of nitrogens with one attached hydrogen (secondary N) is 1. The molecule has 2 heteroatoms. The summed E-state index contributed by atoms with van der Waals surface area (Å²) in [6, 6.07) is 22.6. The fraction of sp³-hybridized carbons (Fsp3) is 0.158. The highest BCUT2D eigenvalue weighted by atomic mass is 16.5. The Labute approximate surface area is 125 Å². The van der Waals surface area contributed by atoms with Crippen LogP contribution < -0.4 is 10.1 Å². The standard InChI is InChI=1S/C19H19NO/c1-2-20-14-15-7-5-10-17(13-15)21-19-12-6-9-16-8-3-4-11-18(16)19/h3-13,20H,2,14H2,1H3. The minimum absolute atomic E-state index is 0.864. The molecule has 3 aromatic carbocycles. The van der Waals surface area contributed by atoms with E-state index in [-0.39, 0.29) is 0 Å². The predicted octanol–water partition coefficient (Wildman–Crippen LogP) is 4.74. The molecule has 0 atom stereocenters. The summed E-state index contributed by atoms with van der Waals surface area (Å²) in [5.41, 5.74) is 1.23. The lowest BCUT2D eigenvalue weighted by atomic mass is 10.1. The van der Waals surface area contributed by atoms with E-state index in [2.05, 4.69) is 42.6 Å². The smallest absolute Gasteiger partial charge is 0.135 e. The Bertz CT molecular complexity index is 731. The van der Waals surface area contributed by atoms with Crippen molar-refractivity contribution in [2.75, 3.05) is 6.54 Å². The first kappa shape index (κ1) is 13.7. The maximum Gasteiger partial charge on any atom is 0.135 e. The number of benzene rings is 3. The van der Waals surface area contributed by atoms with E-state index in [9.17, 15) is 0 Å². The Balaban J connectivity index is 1.88. The van der Waals surface area contributed by atoms with Crippen LogP contribution in [-0.2, 0) is 6.54 Å². The molecule has 0 bridgehead atoms. The van der Waals surface area contributed by atoms with Crippen molar-refractivity contribution in [3.63, 3.8) is 0 Å². The Hall–Kier alpha value is -2.32. The highest BCUT2D eigenvalue weighted by Gasteiger charge is 2.03. The van der Waals surface area contributed by atoms with Crippen LogP contribution in [0.3, 0.4) is 0 Å². The minimum atomic E-state index is 0.864. The third-order valence-corrected chi connectivity index (χ3v) is 3.46. The van der Waals surface area contributed by atoms with Gasteiger partial charge in [-0.15, -0.1) is 0 Å². The first-order valence-corrected chi connectivity index (χ1v) is 7.32. The molecule has 0 fully saturated rings. The van der Waals surface area contributed by atoms with E-state index in [0.29, 0.717) is 0 Å². The number of ether oxygens (including phenoxy) is 1. The molecule has 1 N–H and O–H groups in total. The van der Waals surface area contributed by atoms with Gasteiger partial charge in [0.1, 0.15) is 11.5 Å². The molecule has 106 valence electrons. The second kappa shape index (κ2) is 6.42. The molecular formula is C19H19NO. The van der Waals surface area contributed by atoms with Crippen molar-refractivity contribution >= 4 is 10.8 Å². The van der Waals surface area contributed by atoms with Gasteiger partial charge in [0, 0.05) is 11.9 Å². The van der Waals surface area contributed by atoms with Crippen molar-refractivity contribution in [3.05, 3.63) is 72.3 Å². The van der Waals surface area contributed by atoms with Crippen LogP contribution in [0.2, 0.25) is 0 Å². The Kier molecular flexibility index (Phi) is 4.17. The summed E-state index contributed by atoms with van der Waals surface area (Å²) in [6.45, 7) is 3.94. The van der Waals surface area contributed by atoms with E-state index >= 15 is 0 Å². The lowest BCUT2D eigenvalue weighted by Crippen LogP contribution is -2.11. The molecule has 2 nitrogen and oxygen atoms in total. The minimum Gasteiger partial charge on any atom is -0.457 e. The Morgan fingerprint density at radius 3 is 2.62 bits per heavy atom. The normalized spacial score (nSPS) is 10.7. The molecule has 0 aliphatic heterocycles. The van der Waals surface area contributed by atoms with E-state index < -0.39 is 0 Å². The third kappa shape index (κ3) is 3.23. The Morgan fingerprint density at radius 2 is 1.71 bits per heavy atom. The second-order valence-electron chi connectivity index (χ2n) is 5.01. The maximum absolute atomic E-state index is 6.08. The first-order chi connectivity index (χ1) is 10.4. The topological polar surface area (TPSA) is 21.3 Å². The fourth-order valence-electron chi connectivity index (χ4n) is 2.40. The van der Waals surface area contributed by atoms with E-state index in [1.165, 1.54) is 10.9 Å². The molecule has 0 aliphatic rings. The van der Waals surface area contributed by atoms with E-state index in [0.717, 1.165) is 30.0 Å². The summed E-state index contributed by atoms with van der Waals surface area (Å²) >= 11 is 0. The molecule has 0 saturated carbocycles. The van der Waals surface area contributed by atoms with Gasteiger partial charge in [0.15, 0.2) is 0 Å². The zero-order valence-corrected chi connectivity index (χ0v) is 12.2. The summed E-state index contributed by atoms with van der Waals surface area (Å²) in [5, 5.41) is 5.66. The van der Waals surface area contributed by atoms with E-state index in [1.807, 2.05) is 36.4 Å². The van der Waals surface area contributed by atoms with Crippen molar-refractivity contribution in [1.29, 1.82) is 0 Å². The van der Waals surface area contributed by atoms with Crippen molar-refractivity contribution in [1.82, 2.24) is 5.32 Å². The second-order valence-corrected chi connectivity index (χ2v) is 5.01. The van der Waals surface area contributed by atoms with Crippen molar-refractivity contribution in [2.24, 2.45) is 0 Å². The molecule has 0 unspecified atom stereocenters. The van der Waals surface area contributed by atoms with Gasteiger partial charge in [-0.05, 0) is 35.7 Å². The van der Waals surface area contributed by atoms with Gasteiger partial charge in [-0.1, -0.05) is 55.5 Å². The monoisotopic (exact) mass is 277 g/mol. The van der Waals surface area contributed by atoms with E-state index in [1.54, 1.807) is 0 Å². The lowest BCUT2D eigenvalue weighted by Gasteiger charge is -2.10. The zero-order valence-electron chi connectivity index (χ0n) is 12.2. The van der Waals surface area contributed by atoms with Crippen LogP contribution >= 0.6 is 0 Å². The molecule has 3 rings (SSSR count). The predicted molar refractivity (Wildman–Crippen MR) is 87.8 cm³/mol. The summed E-state index contributed by atoms with van der Waals surface area (Å²) in [7, 11) is 0. The van der Waals surface area contributed by atoms with Gasteiger partial charge in [0.05, 0.1) is 0 Å². The van der Waals surface area contributed by atoms with E-state index in [4.69, 9.17) is 4.74 Å². The molecule has 0 spiro atoms. The van der Waals surface area contributed by atoms with Crippen molar-refractivity contribution < 1.29 is 4.74 Å². The first-order valence-electron chi connectivity index (χ1n) is 7.32. The molecule has 0 heterocycles. The molecule has 0 saturated heterocycles. The third-order valence-electron chi connectivity index (χ3n) is 3.46. The maximum atomic E-state index is 6.08. The largest absolute Gasteiger partial charge is 0.457 e. The van der Waals surface area contributed by atoms with Crippen LogP contribution in [-0.4, -0.2) is 6.54 Å². The molecule has 0 amide bonds. The van der Waals surface area contributed by atoms with Crippen LogP contribution in [0.15, 0.2) is 66.7 Å². The molecular weight excluding hydrogens is 258 g/mol. The SMILES string of the molecule is CCNCc1cccc(Oc2cccc3ccccc23)c1. The lowest BCUT2D eigenvalue weighted by molar-refractivity contribution is 0.487. The van der Waals surface area contributed by atoms with Crippen molar-refractivity contribution in [2.45, 2.75) is 13.5 Å². The van der Waals surface area contributed by atoms with Gasteiger partial charge in [-0.25, -0.2) is 0 Å². The van der Waals surface area contributed by atoms with Gasteiger partial charge >= 0.3 is 0 Å². The summed E-state index contributed by atoms with van der Waals surface area (Å²) < 4.78 is 6.08. The molecule has 0 aliphatic carbocycles. The number of fused-ring (bicyclic) bond motifs is 1. The van der Waals surface area contributed by atoms with Crippen LogP contribution in [0.1, 0.15) is 12.5 Å². The van der Waals surface area contributed by atoms with Gasteiger partial charge in [-0.2, -0.15) is 0 Å². The number of hydrogen-bond acceptors (Lipinski definition) is 2. The van der Waals surface area contributed by atoms with Crippen LogP contribution in [0.5, 0.6) is 11.5 Å². The summed E-state index contributed by atoms with van der Waals surface area (Å²) in [4.78, 5) is 0. The highest BCUT2D eigenvalue weighted by molar-refractivity contribution is 5.88. The highest BCUT2D eigenvalue weighted by Crippen LogP contribution is 2.30. The quantitative estimate of drug-likeness (QED) is 0.727. The van der Waals surface area contributed by atoms with Gasteiger partial charge < -0.3 is 10.1 Å². The van der Waals surface area contributed by atoms with Crippen LogP contribution in [0.4, 0.5) is 0 Å². The zero-order chi connectivity index (χ0) is 14.5. The van der Waals surface area contributed by atoms with Gasteiger partial charge in [-0.3, -0.25) is 0 Å².